The number of anilines is 1. The maximum absolute atomic E-state index is 12.2. The van der Waals surface area contributed by atoms with Crippen LogP contribution in [0, 0.1) is 13.8 Å². The zero-order valence-electron chi connectivity index (χ0n) is 11.2. The van der Waals surface area contributed by atoms with Crippen LogP contribution in [0.2, 0.25) is 0 Å². The van der Waals surface area contributed by atoms with Crippen molar-refractivity contribution in [1.82, 2.24) is 15.0 Å². The second-order valence-electron chi connectivity index (χ2n) is 4.27. The summed E-state index contributed by atoms with van der Waals surface area (Å²) in [5.41, 5.74) is 7.41. The third kappa shape index (κ3) is 3.28. The highest BCUT2D eigenvalue weighted by Gasteiger charge is 2.16. The van der Waals surface area contributed by atoms with Crippen molar-refractivity contribution in [2.24, 2.45) is 5.73 Å². The van der Waals surface area contributed by atoms with Crippen molar-refractivity contribution in [3.8, 4) is 0 Å². The summed E-state index contributed by atoms with van der Waals surface area (Å²) >= 11 is 0. The Morgan fingerprint density at radius 3 is 2.35 bits per heavy atom. The van der Waals surface area contributed by atoms with Crippen molar-refractivity contribution in [3.63, 3.8) is 0 Å². The van der Waals surface area contributed by atoms with Gasteiger partial charge in [-0.1, -0.05) is 0 Å². The lowest BCUT2D eigenvalue weighted by molar-refractivity contribution is 0.600. The molecule has 0 bridgehead atoms. The molecule has 3 N–H and O–H groups in total. The lowest BCUT2D eigenvalue weighted by Crippen LogP contribution is -2.16. The van der Waals surface area contributed by atoms with Gasteiger partial charge in [0.1, 0.15) is 4.90 Å². The maximum Gasteiger partial charge on any atom is 0.265 e. The number of sulfonamides is 1. The lowest BCUT2D eigenvalue weighted by Gasteiger charge is -2.08. The molecule has 2 aromatic rings. The molecule has 0 aliphatic heterocycles. The predicted molar refractivity (Wildman–Crippen MR) is 74.4 cm³/mol. The predicted octanol–water partition coefficient (Wildman–Crippen LogP) is 0.748. The van der Waals surface area contributed by atoms with E-state index in [9.17, 15) is 8.42 Å². The molecule has 0 spiro atoms. The van der Waals surface area contributed by atoms with Crippen molar-refractivity contribution in [1.29, 1.82) is 0 Å². The first-order valence-electron chi connectivity index (χ1n) is 5.91. The summed E-state index contributed by atoms with van der Waals surface area (Å²) in [6, 6.07) is 4.77. The number of rotatable bonds is 4. The van der Waals surface area contributed by atoms with Gasteiger partial charge in [0.05, 0.1) is 5.69 Å². The number of aryl methyl sites for hydroxylation is 2. The second-order valence-corrected chi connectivity index (χ2v) is 5.95. The summed E-state index contributed by atoms with van der Waals surface area (Å²) in [4.78, 5) is 12.1. The van der Waals surface area contributed by atoms with Gasteiger partial charge in [0.25, 0.3) is 10.0 Å². The van der Waals surface area contributed by atoms with Crippen LogP contribution in [0.25, 0.3) is 0 Å². The van der Waals surface area contributed by atoms with Crippen LogP contribution in [0.3, 0.4) is 0 Å². The highest BCUT2D eigenvalue weighted by molar-refractivity contribution is 7.92. The first kappa shape index (κ1) is 14.4. The number of nitrogens with two attached hydrogens (primary N) is 1. The van der Waals surface area contributed by atoms with E-state index in [1.54, 1.807) is 26.0 Å². The van der Waals surface area contributed by atoms with Gasteiger partial charge in [-0.2, -0.15) is 0 Å². The molecule has 106 valence electrons. The van der Waals surface area contributed by atoms with Crippen LogP contribution < -0.4 is 10.5 Å². The Morgan fingerprint density at radius 2 is 1.85 bits per heavy atom. The van der Waals surface area contributed by atoms with Gasteiger partial charge in [0, 0.05) is 24.1 Å². The Balaban J connectivity index is 2.30. The van der Waals surface area contributed by atoms with Crippen LogP contribution in [0.15, 0.2) is 29.3 Å². The maximum atomic E-state index is 12.2. The molecule has 0 amide bonds. The molecule has 2 rings (SSSR count). The number of hydrogen-bond acceptors (Lipinski definition) is 6. The van der Waals surface area contributed by atoms with Crippen LogP contribution in [-0.2, 0) is 16.6 Å². The molecular formula is C12H15N5O2S. The summed E-state index contributed by atoms with van der Waals surface area (Å²) in [6.45, 7) is 3.79. The van der Waals surface area contributed by atoms with Crippen molar-refractivity contribution < 1.29 is 8.42 Å². The molecule has 0 saturated heterocycles. The van der Waals surface area contributed by atoms with Crippen molar-refractivity contribution in [2.75, 3.05) is 4.72 Å². The zero-order chi connectivity index (χ0) is 14.8. The van der Waals surface area contributed by atoms with Crippen LogP contribution in [0.4, 0.5) is 5.95 Å². The second kappa shape index (κ2) is 5.51. The van der Waals surface area contributed by atoms with Gasteiger partial charge in [0.2, 0.25) is 5.95 Å². The van der Waals surface area contributed by atoms with Gasteiger partial charge in [-0.3, -0.25) is 4.98 Å². The Bertz CT molecular complexity index is 693. The Hall–Kier alpha value is -2.06. The highest BCUT2D eigenvalue weighted by Crippen LogP contribution is 2.13. The molecule has 7 nitrogen and oxygen atoms in total. The fourth-order valence-corrected chi connectivity index (χ4v) is 2.53. The summed E-state index contributed by atoms with van der Waals surface area (Å²) in [7, 11) is -3.75. The average Bonchev–Trinajstić information content (AvgIpc) is 2.37. The number of aromatic nitrogens is 3. The number of pyridine rings is 1. The number of hydrogen-bond donors (Lipinski definition) is 2. The standard InChI is InChI=1S/C12H15N5O2S/c1-8-5-9(2)16-12(15-8)17-20(18,19)11-4-3-10(6-13)14-7-11/h3-5,7H,6,13H2,1-2H3,(H,15,16,17). The van der Waals surface area contributed by atoms with Gasteiger partial charge in [-0.05, 0) is 32.0 Å². The number of nitrogens with one attached hydrogen (secondary N) is 1. The molecule has 0 aliphatic rings. The topological polar surface area (TPSA) is 111 Å². The van der Waals surface area contributed by atoms with Crippen molar-refractivity contribution in [3.05, 3.63) is 41.5 Å². The van der Waals surface area contributed by atoms with Gasteiger partial charge in [-0.25, -0.2) is 23.1 Å². The monoisotopic (exact) mass is 293 g/mol. The van der Waals surface area contributed by atoms with Crippen LogP contribution >= 0.6 is 0 Å². The molecule has 2 aromatic heterocycles. The van der Waals surface area contributed by atoms with E-state index in [0.29, 0.717) is 17.1 Å². The zero-order valence-corrected chi connectivity index (χ0v) is 12.0. The van der Waals surface area contributed by atoms with Gasteiger partial charge in [-0.15, -0.1) is 0 Å². The number of nitrogens with zero attached hydrogens (tertiary/aromatic N) is 3. The molecule has 0 radical (unpaired) electrons. The average molecular weight is 293 g/mol. The third-order valence-corrected chi connectivity index (χ3v) is 3.84. The molecule has 8 heteroatoms. The summed E-state index contributed by atoms with van der Waals surface area (Å²) in [6.07, 6.45) is 1.26. The first-order chi connectivity index (χ1) is 9.40. The van der Waals surface area contributed by atoms with Gasteiger partial charge < -0.3 is 5.73 Å². The lowest BCUT2D eigenvalue weighted by atomic mass is 10.4. The third-order valence-electron chi connectivity index (χ3n) is 2.52. The molecule has 0 aromatic carbocycles. The van der Waals surface area contributed by atoms with E-state index >= 15 is 0 Å². The SMILES string of the molecule is Cc1cc(C)nc(NS(=O)(=O)c2ccc(CN)nc2)n1. The molecule has 20 heavy (non-hydrogen) atoms. The van der Waals surface area contributed by atoms with Gasteiger partial charge in [0.15, 0.2) is 0 Å². The fraction of sp³-hybridized carbons (Fsp3) is 0.250. The van der Waals surface area contributed by atoms with E-state index in [1.165, 1.54) is 12.3 Å². The molecule has 0 saturated carbocycles. The van der Waals surface area contributed by atoms with Crippen LogP contribution in [0.5, 0.6) is 0 Å². The molecule has 0 fully saturated rings. The summed E-state index contributed by atoms with van der Waals surface area (Å²) in [5.74, 6) is 0.0467. The van der Waals surface area contributed by atoms with Crippen LogP contribution in [-0.4, -0.2) is 23.4 Å². The smallest absolute Gasteiger partial charge is 0.265 e. The molecule has 0 unspecified atom stereocenters. The molecule has 0 aliphatic carbocycles. The van der Waals surface area contributed by atoms with E-state index in [-0.39, 0.29) is 17.4 Å². The first-order valence-corrected chi connectivity index (χ1v) is 7.39. The molecule has 2 heterocycles. The summed E-state index contributed by atoms with van der Waals surface area (Å²) in [5, 5.41) is 0. The van der Waals surface area contributed by atoms with Crippen LogP contribution in [0.1, 0.15) is 17.1 Å². The Kier molecular flexibility index (Phi) is 3.96. The Morgan fingerprint density at radius 1 is 1.20 bits per heavy atom. The van der Waals surface area contributed by atoms with E-state index in [1.807, 2.05) is 0 Å². The van der Waals surface area contributed by atoms with Crippen molar-refractivity contribution in [2.45, 2.75) is 25.3 Å². The Labute approximate surface area is 117 Å². The van der Waals surface area contributed by atoms with E-state index in [2.05, 4.69) is 19.7 Å². The molecule has 0 atom stereocenters. The summed E-state index contributed by atoms with van der Waals surface area (Å²) < 4.78 is 26.7. The normalized spacial score (nSPS) is 11.3. The minimum absolute atomic E-state index is 0.0393. The van der Waals surface area contributed by atoms with Crippen molar-refractivity contribution >= 4 is 16.0 Å². The highest BCUT2D eigenvalue weighted by atomic mass is 32.2. The van der Waals surface area contributed by atoms with E-state index in [0.717, 1.165) is 0 Å². The van der Waals surface area contributed by atoms with E-state index < -0.39 is 10.0 Å². The minimum Gasteiger partial charge on any atom is -0.325 e. The fourth-order valence-electron chi connectivity index (χ4n) is 1.64. The largest absolute Gasteiger partial charge is 0.325 e. The van der Waals surface area contributed by atoms with E-state index in [4.69, 9.17) is 5.73 Å². The minimum atomic E-state index is -3.75. The quantitative estimate of drug-likeness (QED) is 0.860. The van der Waals surface area contributed by atoms with Gasteiger partial charge >= 0.3 is 0 Å². The molecular weight excluding hydrogens is 278 g/mol.